The number of benzene rings is 5. The molecule has 0 N–H and O–H groups in total. The molecule has 4 nitrogen and oxygen atoms in total. The maximum Gasteiger partial charge on any atom is 0.530 e. The largest absolute Gasteiger partial charge is 0.530 e. The van der Waals surface area contributed by atoms with Gasteiger partial charge in [0.25, 0.3) is 0 Å². The molecule has 190 valence electrons. The standard InChI is InChI=1S/C32H28O4P2/c1-4-10-28(11-5-1)25-37-33-29-20-16-26(17-21-29)24-27-18-22-32(23-19-27)36-38(34-30-12-6-2-7-13-30)35-31-14-8-3-9-15-31/h1-23,37H,24-25H2. The van der Waals surface area contributed by atoms with Crippen LogP contribution in [0.25, 0.3) is 0 Å². The first kappa shape index (κ1) is 25.8. The lowest BCUT2D eigenvalue weighted by Gasteiger charge is -2.18. The van der Waals surface area contributed by atoms with Crippen molar-refractivity contribution in [2.45, 2.75) is 12.6 Å². The van der Waals surface area contributed by atoms with Crippen LogP contribution in [-0.4, -0.2) is 0 Å². The summed E-state index contributed by atoms with van der Waals surface area (Å²) in [4.78, 5) is 0. The van der Waals surface area contributed by atoms with Gasteiger partial charge < -0.3 is 18.1 Å². The van der Waals surface area contributed by atoms with E-state index in [0.717, 1.165) is 18.3 Å². The topological polar surface area (TPSA) is 36.9 Å². The minimum absolute atomic E-state index is 0.402. The van der Waals surface area contributed by atoms with Gasteiger partial charge in [0.2, 0.25) is 0 Å². The Morgan fingerprint density at radius 3 is 1.34 bits per heavy atom. The van der Waals surface area contributed by atoms with Gasteiger partial charge in [-0.05, 0) is 71.6 Å². The highest BCUT2D eigenvalue weighted by molar-refractivity contribution is 7.43. The van der Waals surface area contributed by atoms with Crippen LogP contribution in [-0.2, 0) is 12.6 Å². The van der Waals surface area contributed by atoms with Crippen LogP contribution < -0.4 is 18.1 Å². The van der Waals surface area contributed by atoms with Crippen molar-refractivity contribution in [3.05, 3.63) is 156 Å². The Morgan fingerprint density at radius 2 is 0.842 bits per heavy atom. The molecule has 0 saturated heterocycles. The highest BCUT2D eigenvalue weighted by Crippen LogP contribution is 2.42. The van der Waals surface area contributed by atoms with Crippen molar-refractivity contribution < 1.29 is 18.1 Å². The summed E-state index contributed by atoms with van der Waals surface area (Å²) in [6.45, 7) is 0. The molecule has 5 rings (SSSR count). The molecular weight excluding hydrogens is 510 g/mol. The molecule has 5 aromatic rings. The van der Waals surface area contributed by atoms with Crippen molar-refractivity contribution >= 4 is 17.4 Å². The zero-order valence-corrected chi connectivity index (χ0v) is 22.7. The van der Waals surface area contributed by atoms with Gasteiger partial charge >= 0.3 is 8.60 Å². The summed E-state index contributed by atoms with van der Waals surface area (Å²) >= 11 is 0. The number of hydrogen-bond donors (Lipinski definition) is 0. The fraction of sp³-hybridized carbons (Fsp3) is 0.0625. The number of hydrogen-bond acceptors (Lipinski definition) is 4. The van der Waals surface area contributed by atoms with Gasteiger partial charge in [0.05, 0.1) is 8.81 Å². The van der Waals surface area contributed by atoms with Crippen LogP contribution in [0.1, 0.15) is 16.7 Å². The number of para-hydroxylation sites is 2. The molecule has 1 unspecified atom stereocenters. The molecule has 0 aliphatic heterocycles. The van der Waals surface area contributed by atoms with Gasteiger partial charge in [0.15, 0.2) is 0 Å². The maximum atomic E-state index is 6.12. The third-order valence-electron chi connectivity index (χ3n) is 5.59. The van der Waals surface area contributed by atoms with Crippen LogP contribution in [0.3, 0.4) is 0 Å². The first-order valence-electron chi connectivity index (χ1n) is 12.4. The van der Waals surface area contributed by atoms with E-state index < -0.39 is 8.60 Å². The van der Waals surface area contributed by atoms with E-state index >= 15 is 0 Å². The van der Waals surface area contributed by atoms with Crippen molar-refractivity contribution in [3.8, 4) is 23.0 Å². The van der Waals surface area contributed by atoms with E-state index in [1.54, 1.807) is 0 Å². The summed E-state index contributed by atoms with van der Waals surface area (Å²) in [5.41, 5.74) is 3.70. The molecule has 0 radical (unpaired) electrons. The van der Waals surface area contributed by atoms with Crippen LogP contribution in [0.15, 0.2) is 140 Å². The van der Waals surface area contributed by atoms with Crippen molar-refractivity contribution in [2.24, 2.45) is 0 Å². The molecule has 0 saturated carbocycles. The molecule has 0 aromatic heterocycles. The van der Waals surface area contributed by atoms with Gasteiger partial charge in [-0.3, -0.25) is 0 Å². The zero-order valence-electron chi connectivity index (χ0n) is 20.8. The SMILES string of the molecule is c1ccc(CPOc2ccc(Cc3ccc(OP(Oc4ccccc4)Oc4ccccc4)cc3)cc2)cc1. The second-order valence-corrected chi connectivity index (χ2v) is 10.3. The van der Waals surface area contributed by atoms with Gasteiger partial charge in [-0.25, -0.2) is 0 Å². The molecule has 38 heavy (non-hydrogen) atoms. The van der Waals surface area contributed by atoms with Crippen LogP contribution in [0.2, 0.25) is 0 Å². The summed E-state index contributed by atoms with van der Waals surface area (Å²) in [7, 11) is -1.28. The van der Waals surface area contributed by atoms with Gasteiger partial charge in [0.1, 0.15) is 23.0 Å². The Labute approximate surface area is 227 Å². The first-order valence-corrected chi connectivity index (χ1v) is 14.6. The lowest BCUT2D eigenvalue weighted by Crippen LogP contribution is -2.02. The average molecular weight is 539 g/mol. The Morgan fingerprint density at radius 1 is 0.421 bits per heavy atom. The summed E-state index contributed by atoms with van der Waals surface area (Å²) in [6, 6.07) is 45.9. The van der Waals surface area contributed by atoms with Crippen LogP contribution in [0, 0.1) is 0 Å². The number of rotatable bonds is 12. The third-order valence-corrected chi connectivity index (χ3v) is 7.60. The summed E-state index contributed by atoms with van der Waals surface area (Å²) in [6.07, 6.45) is 1.74. The monoisotopic (exact) mass is 538 g/mol. The van der Waals surface area contributed by atoms with Gasteiger partial charge in [-0.1, -0.05) is 91.0 Å². The minimum atomic E-state index is -1.68. The Balaban J connectivity index is 1.16. The average Bonchev–Trinajstić information content (AvgIpc) is 2.97. The molecule has 0 spiro atoms. The minimum Gasteiger partial charge on any atom is -0.477 e. The van der Waals surface area contributed by atoms with E-state index in [1.807, 2.05) is 91.0 Å². The van der Waals surface area contributed by atoms with Gasteiger partial charge in [0, 0.05) is 6.16 Å². The van der Waals surface area contributed by atoms with Crippen molar-refractivity contribution in [1.82, 2.24) is 0 Å². The van der Waals surface area contributed by atoms with Crippen LogP contribution in [0.4, 0.5) is 0 Å². The molecule has 1 atom stereocenters. The lowest BCUT2D eigenvalue weighted by molar-refractivity contribution is 0.388. The molecule has 0 aliphatic carbocycles. The second kappa shape index (κ2) is 13.6. The zero-order chi connectivity index (χ0) is 25.8. The lowest BCUT2D eigenvalue weighted by atomic mass is 10.1. The summed E-state index contributed by atoms with van der Waals surface area (Å²) in [5.74, 6) is 2.98. The van der Waals surface area contributed by atoms with E-state index in [1.165, 1.54) is 16.7 Å². The highest BCUT2D eigenvalue weighted by Gasteiger charge is 2.19. The summed E-state index contributed by atoms with van der Waals surface area (Å²) < 4.78 is 24.1. The van der Waals surface area contributed by atoms with Gasteiger partial charge in [-0.2, -0.15) is 0 Å². The molecule has 0 fully saturated rings. The first-order chi connectivity index (χ1) is 18.8. The third kappa shape index (κ3) is 8.08. The predicted molar refractivity (Wildman–Crippen MR) is 156 cm³/mol. The molecule has 5 aromatic carbocycles. The van der Waals surface area contributed by atoms with E-state index in [-0.39, 0.29) is 0 Å². The predicted octanol–water partition coefficient (Wildman–Crippen LogP) is 9.21. The molecule has 0 aliphatic rings. The van der Waals surface area contributed by atoms with Crippen LogP contribution >= 0.6 is 17.4 Å². The normalized spacial score (nSPS) is 11.0. The maximum absolute atomic E-state index is 6.12. The Bertz CT molecular complexity index is 1320. The molecule has 0 heterocycles. The Hall–Kier alpha value is -3.84. The molecule has 6 heteroatoms. The highest BCUT2D eigenvalue weighted by atomic mass is 31.2. The van der Waals surface area contributed by atoms with E-state index in [4.69, 9.17) is 18.1 Å². The smallest absolute Gasteiger partial charge is 0.477 e. The molecule has 0 bridgehead atoms. The fourth-order valence-corrected chi connectivity index (χ4v) is 5.43. The van der Waals surface area contributed by atoms with Crippen LogP contribution in [0.5, 0.6) is 23.0 Å². The molecule has 0 amide bonds. The van der Waals surface area contributed by atoms with E-state index in [2.05, 4.69) is 48.5 Å². The molecular formula is C32H28O4P2. The van der Waals surface area contributed by atoms with Crippen molar-refractivity contribution in [3.63, 3.8) is 0 Å². The van der Waals surface area contributed by atoms with Crippen molar-refractivity contribution in [1.29, 1.82) is 0 Å². The van der Waals surface area contributed by atoms with Crippen molar-refractivity contribution in [2.75, 3.05) is 0 Å². The van der Waals surface area contributed by atoms with E-state index in [9.17, 15) is 0 Å². The van der Waals surface area contributed by atoms with Gasteiger partial charge in [-0.15, -0.1) is 0 Å². The fourth-order valence-electron chi connectivity index (χ4n) is 3.65. The van der Waals surface area contributed by atoms with E-state index in [0.29, 0.717) is 26.1 Å². The summed E-state index contributed by atoms with van der Waals surface area (Å²) in [5, 5.41) is 0. The second-order valence-electron chi connectivity index (χ2n) is 8.50. The quantitative estimate of drug-likeness (QED) is 0.148. The Kier molecular flexibility index (Phi) is 9.25.